The number of benzene rings is 1. The van der Waals surface area contributed by atoms with Crippen LogP contribution in [-0.2, 0) is 13.2 Å². The summed E-state index contributed by atoms with van der Waals surface area (Å²) in [5.74, 6) is 0.445. The fraction of sp³-hybridized carbons (Fsp3) is 0.440. The zero-order valence-corrected chi connectivity index (χ0v) is 21.9. The molecular formula is C25H26BrF3N6O. The largest absolute Gasteiger partial charge is 0.417 e. The molecular weight excluding hydrogens is 537 g/mol. The molecule has 0 spiro atoms. The van der Waals surface area contributed by atoms with E-state index in [1.807, 2.05) is 19.9 Å². The topological polar surface area (TPSA) is 78.0 Å². The first-order valence-electron chi connectivity index (χ1n) is 11.6. The van der Waals surface area contributed by atoms with Crippen LogP contribution in [0.5, 0.6) is 0 Å². The molecule has 7 nitrogen and oxygen atoms in total. The maximum atomic E-state index is 13.2. The molecule has 1 fully saturated rings. The summed E-state index contributed by atoms with van der Waals surface area (Å²) in [5.41, 5.74) is 1.00. The van der Waals surface area contributed by atoms with Crippen molar-refractivity contribution in [3.8, 4) is 6.07 Å². The van der Waals surface area contributed by atoms with Crippen LogP contribution in [-0.4, -0.2) is 44.6 Å². The van der Waals surface area contributed by atoms with Gasteiger partial charge in [0.2, 0.25) is 0 Å². The molecule has 1 aromatic carbocycles. The van der Waals surface area contributed by atoms with Gasteiger partial charge < -0.3 is 4.90 Å². The standard InChI is InChI=1S/C25H26BrF3N6O/c1-5-18-13-34(23-22-21(33(4)24(36)32-23)9-7-17(11-30)31-22)14(2)12-35(18)15(3)16-6-8-19(20(26)10-16)25(27,28)29/h6-10,14-15,18H,5,12-13H2,1-4H3/t14-,15?,18+/m0/s1. The Hall–Kier alpha value is -2.97. The molecule has 0 radical (unpaired) electrons. The molecule has 1 aliphatic heterocycles. The average Bonchev–Trinajstić information content (AvgIpc) is 2.84. The quantitative estimate of drug-likeness (QED) is 0.443. The number of alkyl halides is 3. The molecule has 1 unspecified atom stereocenters. The normalized spacial score (nSPS) is 19.9. The van der Waals surface area contributed by atoms with E-state index in [0.717, 1.165) is 18.1 Å². The van der Waals surface area contributed by atoms with E-state index in [1.54, 1.807) is 25.2 Å². The molecule has 2 aromatic heterocycles. The Morgan fingerprint density at radius 3 is 2.56 bits per heavy atom. The summed E-state index contributed by atoms with van der Waals surface area (Å²) in [4.78, 5) is 25.8. The van der Waals surface area contributed by atoms with Crippen molar-refractivity contribution in [3.05, 3.63) is 62.1 Å². The number of pyridine rings is 1. The summed E-state index contributed by atoms with van der Waals surface area (Å²) >= 11 is 3.09. The summed E-state index contributed by atoms with van der Waals surface area (Å²) in [6.07, 6.45) is -3.64. The van der Waals surface area contributed by atoms with Gasteiger partial charge in [0.1, 0.15) is 17.3 Å². The highest BCUT2D eigenvalue weighted by Gasteiger charge is 2.37. The third-order valence-corrected chi connectivity index (χ3v) is 7.61. The van der Waals surface area contributed by atoms with Gasteiger partial charge in [-0.05, 0) is 50.1 Å². The molecule has 11 heteroatoms. The number of rotatable bonds is 4. The maximum Gasteiger partial charge on any atom is 0.417 e. The third kappa shape index (κ3) is 4.72. The Labute approximate surface area is 215 Å². The van der Waals surface area contributed by atoms with Crippen molar-refractivity contribution >= 4 is 32.8 Å². The van der Waals surface area contributed by atoms with Crippen molar-refractivity contribution in [2.45, 2.75) is 51.5 Å². The van der Waals surface area contributed by atoms with Gasteiger partial charge in [0.15, 0.2) is 5.82 Å². The number of fused-ring (bicyclic) bond motifs is 1. The Morgan fingerprint density at radius 2 is 1.94 bits per heavy atom. The van der Waals surface area contributed by atoms with Crippen LogP contribution >= 0.6 is 15.9 Å². The second-order valence-electron chi connectivity index (χ2n) is 9.13. The monoisotopic (exact) mass is 562 g/mol. The number of aromatic nitrogens is 3. The Kier molecular flexibility index (Phi) is 7.12. The first kappa shape index (κ1) is 26.1. The van der Waals surface area contributed by atoms with E-state index in [2.05, 4.69) is 42.6 Å². The number of anilines is 1. The number of hydrogen-bond acceptors (Lipinski definition) is 6. The van der Waals surface area contributed by atoms with Gasteiger partial charge in [-0.15, -0.1) is 0 Å². The number of nitrogens with zero attached hydrogens (tertiary/aromatic N) is 6. The van der Waals surface area contributed by atoms with Crippen molar-refractivity contribution in [1.82, 2.24) is 19.4 Å². The lowest BCUT2D eigenvalue weighted by Gasteiger charge is -2.48. The Bertz CT molecular complexity index is 1400. The second-order valence-corrected chi connectivity index (χ2v) is 9.98. The van der Waals surface area contributed by atoms with Crippen LogP contribution in [0.25, 0.3) is 11.0 Å². The summed E-state index contributed by atoms with van der Waals surface area (Å²) in [5, 5.41) is 9.35. The molecule has 0 aliphatic carbocycles. The van der Waals surface area contributed by atoms with Crippen LogP contribution in [0, 0.1) is 11.3 Å². The van der Waals surface area contributed by atoms with Crippen LogP contribution in [0.4, 0.5) is 19.0 Å². The van der Waals surface area contributed by atoms with Crippen LogP contribution in [0.2, 0.25) is 0 Å². The summed E-state index contributed by atoms with van der Waals surface area (Å²) in [7, 11) is 1.62. The van der Waals surface area contributed by atoms with Gasteiger partial charge in [0.25, 0.3) is 0 Å². The SMILES string of the molecule is CC[C@@H]1CN(c2nc(=O)n(C)c3ccc(C#N)nc23)[C@@H](C)CN1C(C)c1ccc(C(F)(F)F)c(Br)c1. The molecule has 0 amide bonds. The zero-order valence-electron chi connectivity index (χ0n) is 20.3. The fourth-order valence-corrected chi connectivity index (χ4v) is 5.50. The highest BCUT2D eigenvalue weighted by atomic mass is 79.9. The van der Waals surface area contributed by atoms with E-state index in [-0.39, 0.29) is 28.3 Å². The molecule has 1 saturated heterocycles. The highest BCUT2D eigenvalue weighted by molar-refractivity contribution is 9.10. The number of aryl methyl sites for hydroxylation is 1. The number of hydrogen-bond donors (Lipinski definition) is 0. The van der Waals surface area contributed by atoms with Crippen molar-refractivity contribution in [2.75, 3.05) is 18.0 Å². The second kappa shape index (κ2) is 9.82. The molecule has 0 bridgehead atoms. The summed E-state index contributed by atoms with van der Waals surface area (Å²) in [6.45, 7) is 7.23. The average molecular weight is 563 g/mol. The van der Waals surface area contributed by atoms with Gasteiger partial charge in [-0.2, -0.15) is 23.4 Å². The van der Waals surface area contributed by atoms with Crippen molar-refractivity contribution in [3.63, 3.8) is 0 Å². The zero-order chi connectivity index (χ0) is 26.4. The number of piperazine rings is 1. The maximum absolute atomic E-state index is 13.2. The smallest absolute Gasteiger partial charge is 0.349 e. The van der Waals surface area contributed by atoms with Crippen LogP contribution in [0.3, 0.4) is 0 Å². The molecule has 0 N–H and O–H groups in total. The molecule has 3 atom stereocenters. The van der Waals surface area contributed by atoms with Gasteiger partial charge in [-0.25, -0.2) is 9.78 Å². The minimum atomic E-state index is -4.42. The third-order valence-electron chi connectivity index (χ3n) is 6.96. The first-order chi connectivity index (χ1) is 17.0. The van der Waals surface area contributed by atoms with Crippen molar-refractivity contribution in [1.29, 1.82) is 5.26 Å². The van der Waals surface area contributed by atoms with Crippen molar-refractivity contribution in [2.24, 2.45) is 7.05 Å². The molecule has 3 aromatic rings. The summed E-state index contributed by atoms with van der Waals surface area (Å²) in [6, 6.07) is 9.37. The minimum absolute atomic E-state index is 0.0225. The van der Waals surface area contributed by atoms with Gasteiger partial charge in [0.05, 0.1) is 11.1 Å². The lowest BCUT2D eigenvalue weighted by molar-refractivity contribution is -0.138. The lowest BCUT2D eigenvalue weighted by Crippen LogP contribution is -2.58. The van der Waals surface area contributed by atoms with E-state index < -0.39 is 17.4 Å². The van der Waals surface area contributed by atoms with E-state index in [9.17, 15) is 23.2 Å². The highest BCUT2D eigenvalue weighted by Crippen LogP contribution is 2.38. The van der Waals surface area contributed by atoms with Crippen LogP contribution in [0.1, 0.15) is 50.1 Å². The Morgan fingerprint density at radius 1 is 1.22 bits per heavy atom. The molecule has 3 heterocycles. The van der Waals surface area contributed by atoms with Gasteiger partial charge in [0, 0.05) is 42.7 Å². The fourth-order valence-electron chi connectivity index (χ4n) is 4.88. The molecule has 4 rings (SSSR count). The van der Waals surface area contributed by atoms with Gasteiger partial charge >= 0.3 is 11.9 Å². The molecule has 0 saturated carbocycles. The van der Waals surface area contributed by atoms with Crippen LogP contribution < -0.4 is 10.6 Å². The molecule has 36 heavy (non-hydrogen) atoms. The predicted octanol–water partition coefficient (Wildman–Crippen LogP) is 5.03. The summed E-state index contributed by atoms with van der Waals surface area (Å²) < 4.78 is 41.1. The van der Waals surface area contributed by atoms with Crippen LogP contribution in [0.15, 0.2) is 39.6 Å². The minimum Gasteiger partial charge on any atom is -0.349 e. The number of nitriles is 1. The first-order valence-corrected chi connectivity index (χ1v) is 12.4. The lowest BCUT2D eigenvalue weighted by atomic mass is 9.98. The van der Waals surface area contributed by atoms with Crippen molar-refractivity contribution < 1.29 is 13.2 Å². The Balaban J connectivity index is 1.69. The van der Waals surface area contributed by atoms with E-state index in [1.165, 1.54) is 10.6 Å². The number of halogens is 4. The van der Waals surface area contributed by atoms with E-state index >= 15 is 0 Å². The predicted molar refractivity (Wildman–Crippen MR) is 135 cm³/mol. The molecule has 1 aliphatic rings. The van der Waals surface area contributed by atoms with Gasteiger partial charge in [-0.1, -0.05) is 28.9 Å². The van der Waals surface area contributed by atoms with Gasteiger partial charge in [-0.3, -0.25) is 9.47 Å². The van der Waals surface area contributed by atoms with E-state index in [0.29, 0.717) is 29.9 Å². The molecule has 190 valence electrons. The van der Waals surface area contributed by atoms with E-state index in [4.69, 9.17) is 0 Å².